The Hall–Kier alpha value is -1.81. The van der Waals surface area contributed by atoms with Gasteiger partial charge in [-0.05, 0) is 6.92 Å². The van der Waals surface area contributed by atoms with Crippen LogP contribution >= 0.6 is 0 Å². The first-order valence-corrected chi connectivity index (χ1v) is 6.34. The summed E-state index contributed by atoms with van der Waals surface area (Å²) in [4.78, 5) is 3.81. The molecule has 17 heavy (non-hydrogen) atoms. The Morgan fingerprint density at radius 1 is 1.53 bits per heavy atom. The van der Waals surface area contributed by atoms with Crippen molar-refractivity contribution in [3.05, 3.63) is 18.3 Å². The second-order valence-corrected chi connectivity index (χ2v) is 4.91. The Kier molecular flexibility index (Phi) is 3.15. The number of H-pyrrole nitrogens is 1. The van der Waals surface area contributed by atoms with Crippen LogP contribution in [0.1, 0.15) is 12.7 Å². The standard InChI is InChI=1S/C7H11N7O2S/c1-2-14-4-7(8-5-14)17(15,16)9-3-6-10-12-13-11-6/h4-5,9H,2-3H2,1H3,(H,10,11,12,13). The molecule has 0 saturated carbocycles. The SMILES string of the molecule is CCn1cnc(S(=O)(=O)NCc2nn[nH]n2)c1. The molecule has 2 heterocycles. The number of hydrogen-bond donors (Lipinski definition) is 2. The van der Waals surface area contributed by atoms with Crippen molar-refractivity contribution in [2.75, 3.05) is 0 Å². The van der Waals surface area contributed by atoms with Crippen LogP contribution in [-0.2, 0) is 23.1 Å². The zero-order valence-electron chi connectivity index (χ0n) is 9.03. The fourth-order valence-corrected chi connectivity index (χ4v) is 2.07. The van der Waals surface area contributed by atoms with E-state index in [-0.39, 0.29) is 17.4 Å². The Balaban J connectivity index is 2.08. The summed E-state index contributed by atoms with van der Waals surface area (Å²) in [5.74, 6) is 0.267. The maximum absolute atomic E-state index is 11.8. The summed E-state index contributed by atoms with van der Waals surface area (Å²) in [5.41, 5.74) is 0. The third-order valence-electron chi connectivity index (χ3n) is 2.06. The minimum absolute atomic E-state index is 0.0251. The van der Waals surface area contributed by atoms with Crippen molar-refractivity contribution in [3.63, 3.8) is 0 Å². The van der Waals surface area contributed by atoms with Crippen LogP contribution in [0.5, 0.6) is 0 Å². The summed E-state index contributed by atoms with van der Waals surface area (Å²) in [7, 11) is -3.63. The normalized spacial score (nSPS) is 11.8. The highest BCUT2D eigenvalue weighted by Gasteiger charge is 2.17. The van der Waals surface area contributed by atoms with Gasteiger partial charge in [0.25, 0.3) is 10.0 Å². The van der Waals surface area contributed by atoms with Crippen LogP contribution in [0.4, 0.5) is 0 Å². The molecule has 92 valence electrons. The van der Waals surface area contributed by atoms with Crippen molar-refractivity contribution < 1.29 is 8.42 Å². The number of tetrazole rings is 1. The molecule has 10 heteroatoms. The number of sulfonamides is 1. The highest BCUT2D eigenvalue weighted by Crippen LogP contribution is 2.05. The molecule has 0 radical (unpaired) electrons. The van der Waals surface area contributed by atoms with Gasteiger partial charge in [0.05, 0.1) is 12.9 Å². The highest BCUT2D eigenvalue weighted by molar-refractivity contribution is 7.89. The van der Waals surface area contributed by atoms with E-state index in [4.69, 9.17) is 0 Å². The van der Waals surface area contributed by atoms with E-state index in [0.29, 0.717) is 6.54 Å². The number of rotatable bonds is 5. The Labute approximate surface area is 97.3 Å². The van der Waals surface area contributed by atoms with Crippen LogP contribution in [0.3, 0.4) is 0 Å². The number of nitrogens with zero attached hydrogens (tertiary/aromatic N) is 5. The number of aromatic nitrogens is 6. The fraction of sp³-hybridized carbons (Fsp3) is 0.429. The Bertz CT molecular complexity index is 573. The van der Waals surface area contributed by atoms with E-state index in [2.05, 4.69) is 30.3 Å². The maximum Gasteiger partial charge on any atom is 0.259 e. The molecule has 0 aliphatic carbocycles. The van der Waals surface area contributed by atoms with Gasteiger partial charge in [0.1, 0.15) is 0 Å². The van der Waals surface area contributed by atoms with Crippen LogP contribution in [0, 0.1) is 0 Å². The number of aromatic amines is 1. The summed E-state index contributed by atoms with van der Waals surface area (Å²) >= 11 is 0. The molecule has 0 aliphatic heterocycles. The van der Waals surface area contributed by atoms with Crippen molar-refractivity contribution in [3.8, 4) is 0 Å². The molecule has 0 saturated heterocycles. The van der Waals surface area contributed by atoms with Crippen molar-refractivity contribution in [2.45, 2.75) is 25.0 Å². The Morgan fingerprint density at radius 3 is 2.94 bits per heavy atom. The van der Waals surface area contributed by atoms with Gasteiger partial charge in [0, 0.05) is 12.7 Å². The van der Waals surface area contributed by atoms with Crippen molar-refractivity contribution in [2.24, 2.45) is 0 Å². The lowest BCUT2D eigenvalue weighted by molar-refractivity contribution is 0.576. The van der Waals surface area contributed by atoms with Crippen molar-refractivity contribution >= 4 is 10.0 Å². The molecule has 0 amide bonds. The van der Waals surface area contributed by atoms with Gasteiger partial charge in [0.2, 0.25) is 0 Å². The smallest absolute Gasteiger partial charge is 0.259 e. The van der Waals surface area contributed by atoms with Gasteiger partial charge in [-0.2, -0.15) is 5.21 Å². The average molecular weight is 257 g/mol. The third kappa shape index (κ3) is 2.65. The lowest BCUT2D eigenvalue weighted by Gasteiger charge is -2.00. The first kappa shape index (κ1) is 11.7. The molecule has 2 aromatic heterocycles. The predicted octanol–water partition coefficient (Wildman–Crippen LogP) is -1.11. The van der Waals surface area contributed by atoms with Gasteiger partial charge in [-0.3, -0.25) is 0 Å². The van der Waals surface area contributed by atoms with E-state index in [9.17, 15) is 8.42 Å². The van der Waals surface area contributed by atoms with Gasteiger partial charge >= 0.3 is 0 Å². The number of hydrogen-bond acceptors (Lipinski definition) is 6. The van der Waals surface area contributed by atoms with Crippen LogP contribution in [0.15, 0.2) is 17.6 Å². The molecule has 9 nitrogen and oxygen atoms in total. The third-order valence-corrected chi connectivity index (χ3v) is 3.35. The lowest BCUT2D eigenvalue weighted by Crippen LogP contribution is -2.24. The highest BCUT2D eigenvalue weighted by atomic mass is 32.2. The van der Waals surface area contributed by atoms with Crippen LogP contribution in [0.25, 0.3) is 0 Å². The molecule has 0 unspecified atom stereocenters. The monoisotopic (exact) mass is 257 g/mol. The molecule has 0 aromatic carbocycles. The fourth-order valence-electron chi connectivity index (χ4n) is 1.14. The van der Waals surface area contributed by atoms with E-state index in [1.165, 1.54) is 12.5 Å². The molecule has 2 aromatic rings. The van der Waals surface area contributed by atoms with E-state index in [0.717, 1.165) is 0 Å². The number of nitrogens with one attached hydrogen (secondary N) is 2. The lowest BCUT2D eigenvalue weighted by atomic mass is 10.7. The molecular weight excluding hydrogens is 246 g/mol. The maximum atomic E-state index is 11.8. The van der Waals surface area contributed by atoms with E-state index >= 15 is 0 Å². The topological polar surface area (TPSA) is 118 Å². The van der Waals surface area contributed by atoms with Crippen LogP contribution in [0.2, 0.25) is 0 Å². The zero-order chi connectivity index (χ0) is 12.3. The first-order valence-electron chi connectivity index (χ1n) is 4.85. The second-order valence-electron chi connectivity index (χ2n) is 3.19. The zero-order valence-corrected chi connectivity index (χ0v) is 9.85. The minimum atomic E-state index is -3.63. The second kappa shape index (κ2) is 4.59. The summed E-state index contributed by atoms with van der Waals surface area (Å²) in [6.45, 7) is 2.52. The van der Waals surface area contributed by atoms with Gasteiger partial charge < -0.3 is 4.57 Å². The summed E-state index contributed by atoms with van der Waals surface area (Å²) in [6.07, 6.45) is 2.92. The average Bonchev–Trinajstić information content (AvgIpc) is 2.98. The molecular formula is C7H11N7O2S. The van der Waals surface area contributed by atoms with E-state index in [1.807, 2.05) is 6.92 Å². The summed E-state index contributed by atoms with van der Waals surface area (Å²) in [6, 6.07) is 0. The molecule has 0 aliphatic rings. The summed E-state index contributed by atoms with van der Waals surface area (Å²) in [5, 5.41) is 12.8. The number of imidazole rings is 1. The molecule has 0 spiro atoms. The van der Waals surface area contributed by atoms with Gasteiger partial charge in [-0.1, -0.05) is 5.21 Å². The molecule has 2 N–H and O–H groups in total. The molecule has 0 fully saturated rings. The Morgan fingerprint density at radius 2 is 2.35 bits per heavy atom. The van der Waals surface area contributed by atoms with E-state index in [1.54, 1.807) is 4.57 Å². The molecule has 0 atom stereocenters. The molecule has 0 bridgehead atoms. The minimum Gasteiger partial charge on any atom is -0.336 e. The van der Waals surface area contributed by atoms with Crippen molar-refractivity contribution in [1.29, 1.82) is 0 Å². The largest absolute Gasteiger partial charge is 0.336 e. The van der Waals surface area contributed by atoms with E-state index < -0.39 is 10.0 Å². The molecule has 2 rings (SSSR count). The van der Waals surface area contributed by atoms with Crippen LogP contribution in [-0.4, -0.2) is 38.6 Å². The van der Waals surface area contributed by atoms with Gasteiger partial charge in [-0.15, -0.1) is 10.2 Å². The first-order chi connectivity index (χ1) is 8.12. The van der Waals surface area contributed by atoms with Gasteiger partial charge in [0.15, 0.2) is 10.9 Å². The predicted molar refractivity (Wildman–Crippen MR) is 56.1 cm³/mol. The van der Waals surface area contributed by atoms with Gasteiger partial charge in [-0.25, -0.2) is 18.1 Å². The van der Waals surface area contributed by atoms with Crippen LogP contribution < -0.4 is 4.72 Å². The number of aryl methyl sites for hydroxylation is 1. The van der Waals surface area contributed by atoms with Crippen molar-refractivity contribution in [1.82, 2.24) is 34.9 Å². The summed E-state index contributed by atoms with van der Waals surface area (Å²) < 4.78 is 27.6. The quantitative estimate of drug-likeness (QED) is 0.701.